The molecule has 0 saturated heterocycles. The van der Waals surface area contributed by atoms with Gasteiger partial charge in [0.2, 0.25) is 5.91 Å². The summed E-state index contributed by atoms with van der Waals surface area (Å²) in [4.78, 5) is 14.4. The van der Waals surface area contributed by atoms with Crippen molar-refractivity contribution in [3.05, 3.63) is 23.8 Å². The Bertz CT molecular complexity index is 460. The molecule has 3 heteroatoms. The van der Waals surface area contributed by atoms with Crippen LogP contribution in [0.3, 0.4) is 0 Å². The molecule has 0 atom stereocenters. The van der Waals surface area contributed by atoms with Gasteiger partial charge in [0.05, 0.1) is 0 Å². The van der Waals surface area contributed by atoms with E-state index in [0.29, 0.717) is 0 Å². The van der Waals surface area contributed by atoms with Crippen LogP contribution in [0, 0.1) is 5.41 Å². The van der Waals surface area contributed by atoms with E-state index in [1.807, 2.05) is 38.8 Å². The van der Waals surface area contributed by atoms with Gasteiger partial charge in [-0.05, 0) is 30.5 Å². The summed E-state index contributed by atoms with van der Waals surface area (Å²) in [6.07, 6.45) is 2.08. The molecule has 2 rings (SSSR count). The van der Waals surface area contributed by atoms with Crippen molar-refractivity contribution in [1.29, 1.82) is 0 Å². The van der Waals surface area contributed by atoms with Crippen molar-refractivity contribution in [3.63, 3.8) is 0 Å². The lowest BCUT2D eigenvalue weighted by atomic mass is 9.91. The van der Waals surface area contributed by atoms with Gasteiger partial charge in [0.15, 0.2) is 0 Å². The quantitative estimate of drug-likeness (QED) is 0.826. The zero-order valence-corrected chi connectivity index (χ0v) is 11.7. The molecule has 1 N–H and O–H groups in total. The average Bonchev–Trinajstić information content (AvgIpc) is 2.35. The van der Waals surface area contributed by atoms with Crippen molar-refractivity contribution < 1.29 is 4.79 Å². The Morgan fingerprint density at radius 2 is 2.06 bits per heavy atom. The van der Waals surface area contributed by atoms with Crippen LogP contribution in [-0.4, -0.2) is 19.5 Å². The van der Waals surface area contributed by atoms with E-state index in [4.69, 9.17) is 0 Å². The zero-order chi connectivity index (χ0) is 13.3. The van der Waals surface area contributed by atoms with E-state index in [-0.39, 0.29) is 11.3 Å². The number of hydrogen-bond donors (Lipinski definition) is 1. The molecule has 0 saturated carbocycles. The van der Waals surface area contributed by atoms with E-state index in [9.17, 15) is 4.79 Å². The summed E-state index contributed by atoms with van der Waals surface area (Å²) in [5.74, 6) is 0.205. The molecule has 0 fully saturated rings. The van der Waals surface area contributed by atoms with Gasteiger partial charge in [0.25, 0.3) is 0 Å². The van der Waals surface area contributed by atoms with Crippen LogP contribution in [0.15, 0.2) is 18.2 Å². The number of nitrogens with one attached hydrogen (secondary N) is 1. The maximum atomic E-state index is 12.5. The first-order valence-electron chi connectivity index (χ1n) is 6.57. The van der Waals surface area contributed by atoms with Crippen LogP contribution in [0.4, 0.5) is 11.4 Å². The van der Waals surface area contributed by atoms with Crippen LogP contribution in [-0.2, 0) is 11.2 Å². The van der Waals surface area contributed by atoms with Gasteiger partial charge in [0.1, 0.15) is 0 Å². The average molecular weight is 246 g/mol. The van der Waals surface area contributed by atoms with Crippen LogP contribution < -0.4 is 10.2 Å². The summed E-state index contributed by atoms with van der Waals surface area (Å²) in [5, 5.41) is 3.22. The molecule has 0 aromatic heterocycles. The Hall–Kier alpha value is -1.51. The molecule has 18 heavy (non-hydrogen) atoms. The number of rotatable bonds is 1. The molecule has 1 aliphatic rings. The Morgan fingerprint density at radius 3 is 2.67 bits per heavy atom. The van der Waals surface area contributed by atoms with Crippen molar-refractivity contribution >= 4 is 17.3 Å². The second-order valence-electron chi connectivity index (χ2n) is 5.86. The van der Waals surface area contributed by atoms with Gasteiger partial charge in [-0.1, -0.05) is 26.8 Å². The second-order valence-corrected chi connectivity index (χ2v) is 5.86. The van der Waals surface area contributed by atoms with Crippen LogP contribution in [0.2, 0.25) is 0 Å². The van der Waals surface area contributed by atoms with E-state index >= 15 is 0 Å². The number of benzene rings is 1. The maximum Gasteiger partial charge on any atom is 0.232 e. The summed E-state index contributed by atoms with van der Waals surface area (Å²) < 4.78 is 0. The lowest BCUT2D eigenvalue weighted by molar-refractivity contribution is -0.125. The fourth-order valence-electron chi connectivity index (χ4n) is 2.47. The highest BCUT2D eigenvalue weighted by atomic mass is 16.2. The van der Waals surface area contributed by atoms with Crippen LogP contribution in [0.25, 0.3) is 0 Å². The molecule has 0 spiro atoms. The molecule has 1 heterocycles. The predicted octanol–water partition coefficient (Wildman–Crippen LogP) is 3.05. The molecule has 1 aliphatic heterocycles. The Kier molecular flexibility index (Phi) is 3.33. The van der Waals surface area contributed by atoms with E-state index in [0.717, 1.165) is 30.8 Å². The van der Waals surface area contributed by atoms with E-state index in [1.165, 1.54) is 5.56 Å². The SMILES string of the molecule is CNc1cccc2c1CCCN2C(=O)C(C)(C)C. The number of hydrogen-bond acceptors (Lipinski definition) is 2. The normalized spacial score (nSPS) is 15.2. The van der Waals surface area contributed by atoms with Gasteiger partial charge >= 0.3 is 0 Å². The lowest BCUT2D eigenvalue weighted by Gasteiger charge is -2.34. The van der Waals surface area contributed by atoms with Crippen molar-refractivity contribution in [2.75, 3.05) is 23.8 Å². The monoisotopic (exact) mass is 246 g/mol. The fraction of sp³-hybridized carbons (Fsp3) is 0.533. The molecule has 0 unspecified atom stereocenters. The highest BCUT2D eigenvalue weighted by molar-refractivity contribution is 5.98. The van der Waals surface area contributed by atoms with Gasteiger partial charge in [-0.3, -0.25) is 4.79 Å². The van der Waals surface area contributed by atoms with Crippen molar-refractivity contribution in [2.24, 2.45) is 5.41 Å². The smallest absolute Gasteiger partial charge is 0.232 e. The second kappa shape index (κ2) is 4.63. The molecule has 0 aliphatic carbocycles. The molecule has 1 amide bonds. The third-order valence-electron chi connectivity index (χ3n) is 3.41. The topological polar surface area (TPSA) is 32.3 Å². The molecule has 1 aromatic rings. The molecule has 98 valence electrons. The van der Waals surface area contributed by atoms with E-state index < -0.39 is 0 Å². The zero-order valence-electron chi connectivity index (χ0n) is 11.7. The van der Waals surface area contributed by atoms with Gasteiger partial charge in [0, 0.05) is 30.4 Å². The molecular weight excluding hydrogens is 224 g/mol. The van der Waals surface area contributed by atoms with Crippen molar-refractivity contribution in [1.82, 2.24) is 0 Å². The largest absolute Gasteiger partial charge is 0.388 e. The molecule has 3 nitrogen and oxygen atoms in total. The first-order chi connectivity index (χ1) is 8.45. The van der Waals surface area contributed by atoms with Gasteiger partial charge in [-0.25, -0.2) is 0 Å². The number of nitrogens with zero attached hydrogens (tertiary/aromatic N) is 1. The fourth-order valence-corrected chi connectivity index (χ4v) is 2.47. The predicted molar refractivity (Wildman–Crippen MR) is 76.1 cm³/mol. The van der Waals surface area contributed by atoms with Crippen LogP contribution >= 0.6 is 0 Å². The lowest BCUT2D eigenvalue weighted by Crippen LogP contribution is -2.42. The number of fused-ring (bicyclic) bond motifs is 1. The van der Waals surface area contributed by atoms with Gasteiger partial charge in [-0.2, -0.15) is 0 Å². The Morgan fingerprint density at radius 1 is 1.33 bits per heavy atom. The Labute approximate surface area is 109 Å². The minimum atomic E-state index is -0.329. The highest BCUT2D eigenvalue weighted by Gasteiger charge is 2.31. The van der Waals surface area contributed by atoms with E-state index in [2.05, 4.69) is 17.4 Å². The summed E-state index contributed by atoms with van der Waals surface area (Å²) in [7, 11) is 1.93. The van der Waals surface area contributed by atoms with Crippen LogP contribution in [0.1, 0.15) is 32.8 Å². The maximum absolute atomic E-state index is 12.5. The number of anilines is 2. The first kappa shape index (κ1) is 12.9. The molecular formula is C15H22N2O. The standard InChI is InChI=1S/C15H22N2O/c1-15(2,3)14(18)17-10-6-7-11-12(16-4)8-5-9-13(11)17/h5,8-9,16H,6-7,10H2,1-4H3. The molecule has 0 radical (unpaired) electrons. The third-order valence-corrected chi connectivity index (χ3v) is 3.41. The highest BCUT2D eigenvalue weighted by Crippen LogP contribution is 2.34. The summed E-state index contributed by atoms with van der Waals surface area (Å²) in [5.41, 5.74) is 3.15. The van der Waals surface area contributed by atoms with Gasteiger partial charge < -0.3 is 10.2 Å². The van der Waals surface area contributed by atoms with Gasteiger partial charge in [-0.15, -0.1) is 0 Å². The number of carbonyl (C=O) groups excluding carboxylic acids is 1. The van der Waals surface area contributed by atoms with Crippen LogP contribution in [0.5, 0.6) is 0 Å². The van der Waals surface area contributed by atoms with E-state index in [1.54, 1.807) is 0 Å². The van der Waals surface area contributed by atoms with Crippen molar-refractivity contribution in [3.8, 4) is 0 Å². The summed E-state index contributed by atoms with van der Waals surface area (Å²) in [6.45, 7) is 6.76. The Balaban J connectivity index is 2.43. The molecule has 1 aromatic carbocycles. The van der Waals surface area contributed by atoms with Crippen molar-refractivity contribution in [2.45, 2.75) is 33.6 Å². The number of carbonyl (C=O) groups is 1. The first-order valence-corrected chi connectivity index (χ1v) is 6.57. The molecule has 0 bridgehead atoms. The third kappa shape index (κ3) is 2.22. The minimum Gasteiger partial charge on any atom is -0.388 e. The number of amides is 1. The minimum absolute atomic E-state index is 0.205. The summed E-state index contributed by atoms with van der Waals surface area (Å²) in [6, 6.07) is 6.14. The summed E-state index contributed by atoms with van der Waals surface area (Å²) >= 11 is 0.